The van der Waals surface area contributed by atoms with Gasteiger partial charge in [0.1, 0.15) is 0 Å². The number of nitrogens with zero attached hydrogens (tertiary/aromatic N) is 1. The molecule has 2 rings (SSSR count). The van der Waals surface area contributed by atoms with Gasteiger partial charge in [-0.1, -0.05) is 6.92 Å². The third-order valence-electron chi connectivity index (χ3n) is 3.28. The molecular weight excluding hydrogens is 254 g/mol. The number of aromatic nitrogens is 1. The van der Waals surface area contributed by atoms with E-state index in [1.165, 1.54) is 12.8 Å². The summed E-state index contributed by atoms with van der Waals surface area (Å²) in [6.45, 7) is 2.27. The van der Waals surface area contributed by atoms with E-state index in [2.05, 4.69) is 33.3 Å². The molecule has 1 saturated carbocycles. The third kappa shape index (κ3) is 2.56. The third-order valence-corrected chi connectivity index (χ3v) is 3.75. The normalized spacial score (nSPS) is 19.9. The number of pyridine rings is 1. The van der Waals surface area contributed by atoms with Crippen molar-refractivity contribution < 1.29 is 0 Å². The van der Waals surface area contributed by atoms with E-state index in [4.69, 9.17) is 5.84 Å². The summed E-state index contributed by atoms with van der Waals surface area (Å²) in [6, 6.07) is 4.40. The first kappa shape index (κ1) is 11.0. The van der Waals surface area contributed by atoms with Gasteiger partial charge in [-0.15, -0.1) is 0 Å². The topological polar surface area (TPSA) is 50.9 Å². The number of hydrogen-bond donors (Lipinski definition) is 2. The molecule has 82 valence electrons. The van der Waals surface area contributed by atoms with Crippen molar-refractivity contribution in [2.24, 2.45) is 11.3 Å². The van der Waals surface area contributed by atoms with Gasteiger partial charge in [0.2, 0.25) is 0 Å². The average Bonchev–Trinajstić information content (AvgIpc) is 2.96. The molecule has 1 atom stereocenters. The van der Waals surface area contributed by atoms with Crippen molar-refractivity contribution in [3.8, 4) is 0 Å². The zero-order valence-electron chi connectivity index (χ0n) is 8.83. The second-order valence-corrected chi connectivity index (χ2v) is 5.46. The second kappa shape index (κ2) is 4.20. The van der Waals surface area contributed by atoms with Crippen LogP contribution >= 0.6 is 15.9 Å². The van der Waals surface area contributed by atoms with E-state index in [1.807, 2.05) is 18.3 Å². The minimum Gasteiger partial charge on any atom is -0.271 e. The standard InChI is InChI=1S/C11H16BrN3/c1-11(4-5-11)10(15-13)6-9-3-2-8(12)7-14-9/h2-3,7,10,15H,4-6,13H2,1H3. The SMILES string of the molecule is CC1(C(Cc2ccc(Br)cn2)NN)CC1. The highest BCUT2D eigenvalue weighted by Gasteiger charge is 2.44. The largest absolute Gasteiger partial charge is 0.271 e. The number of hydrogen-bond acceptors (Lipinski definition) is 3. The molecule has 1 aromatic heterocycles. The molecular formula is C11H16BrN3. The van der Waals surface area contributed by atoms with E-state index in [9.17, 15) is 0 Å². The van der Waals surface area contributed by atoms with Crippen LogP contribution in [0, 0.1) is 5.41 Å². The predicted molar refractivity (Wildman–Crippen MR) is 64.1 cm³/mol. The van der Waals surface area contributed by atoms with Crippen molar-refractivity contribution in [2.75, 3.05) is 0 Å². The Kier molecular flexibility index (Phi) is 3.09. The zero-order chi connectivity index (χ0) is 10.9. The molecule has 0 aromatic carbocycles. The van der Waals surface area contributed by atoms with Gasteiger partial charge in [-0.3, -0.25) is 16.3 Å². The van der Waals surface area contributed by atoms with Crippen LogP contribution in [0.25, 0.3) is 0 Å². The van der Waals surface area contributed by atoms with Crippen LogP contribution < -0.4 is 11.3 Å². The fraction of sp³-hybridized carbons (Fsp3) is 0.545. The van der Waals surface area contributed by atoms with Crippen LogP contribution in [0.5, 0.6) is 0 Å². The van der Waals surface area contributed by atoms with Crippen LogP contribution in [0.4, 0.5) is 0 Å². The quantitative estimate of drug-likeness (QED) is 0.650. The minimum absolute atomic E-state index is 0.339. The molecule has 1 fully saturated rings. The van der Waals surface area contributed by atoms with Gasteiger partial charge in [0.05, 0.1) is 0 Å². The Labute approximate surface area is 98.6 Å². The van der Waals surface area contributed by atoms with Gasteiger partial charge >= 0.3 is 0 Å². The molecule has 1 heterocycles. The fourth-order valence-electron chi connectivity index (χ4n) is 1.79. The second-order valence-electron chi connectivity index (χ2n) is 4.55. The smallest absolute Gasteiger partial charge is 0.0420 e. The zero-order valence-corrected chi connectivity index (χ0v) is 10.4. The van der Waals surface area contributed by atoms with E-state index in [1.54, 1.807) is 0 Å². The highest BCUT2D eigenvalue weighted by Crippen LogP contribution is 2.48. The fourth-order valence-corrected chi connectivity index (χ4v) is 2.02. The molecule has 1 aromatic rings. The molecule has 3 N–H and O–H groups in total. The molecule has 0 bridgehead atoms. The molecule has 0 amide bonds. The molecule has 15 heavy (non-hydrogen) atoms. The van der Waals surface area contributed by atoms with Gasteiger partial charge in [0, 0.05) is 28.8 Å². The lowest BCUT2D eigenvalue weighted by Crippen LogP contribution is -2.42. The number of halogens is 1. The van der Waals surface area contributed by atoms with Crippen LogP contribution in [0.15, 0.2) is 22.8 Å². The van der Waals surface area contributed by atoms with E-state index in [-0.39, 0.29) is 0 Å². The maximum Gasteiger partial charge on any atom is 0.0420 e. The van der Waals surface area contributed by atoms with Gasteiger partial charge in [-0.25, -0.2) is 0 Å². The van der Waals surface area contributed by atoms with Crippen LogP contribution in [-0.4, -0.2) is 11.0 Å². The van der Waals surface area contributed by atoms with E-state index in [0.717, 1.165) is 16.6 Å². The van der Waals surface area contributed by atoms with Gasteiger partial charge in [0.15, 0.2) is 0 Å². The van der Waals surface area contributed by atoms with Gasteiger partial charge in [-0.05, 0) is 46.3 Å². The summed E-state index contributed by atoms with van der Waals surface area (Å²) < 4.78 is 1.01. The number of nitrogens with two attached hydrogens (primary N) is 1. The first-order valence-corrected chi connectivity index (χ1v) is 6.00. The number of nitrogens with one attached hydrogen (secondary N) is 1. The Hall–Kier alpha value is -0.450. The molecule has 0 aliphatic heterocycles. The lowest BCUT2D eigenvalue weighted by atomic mass is 9.95. The molecule has 0 radical (unpaired) electrons. The molecule has 1 aliphatic carbocycles. The summed E-state index contributed by atoms with van der Waals surface area (Å²) in [4.78, 5) is 4.36. The first-order chi connectivity index (χ1) is 7.14. The predicted octanol–water partition coefficient (Wildman–Crippen LogP) is 2.02. The van der Waals surface area contributed by atoms with Gasteiger partial charge < -0.3 is 0 Å². The van der Waals surface area contributed by atoms with Crippen molar-refractivity contribution in [3.63, 3.8) is 0 Å². The molecule has 1 aliphatic rings. The summed E-state index contributed by atoms with van der Waals surface area (Å²) in [5.74, 6) is 5.59. The maximum atomic E-state index is 5.59. The Balaban J connectivity index is 2.03. The van der Waals surface area contributed by atoms with Gasteiger partial charge in [0.25, 0.3) is 0 Å². The number of hydrazine groups is 1. The highest BCUT2D eigenvalue weighted by molar-refractivity contribution is 9.10. The van der Waals surface area contributed by atoms with Gasteiger partial charge in [-0.2, -0.15) is 0 Å². The molecule has 3 nitrogen and oxygen atoms in total. The van der Waals surface area contributed by atoms with Crippen LogP contribution in [0.2, 0.25) is 0 Å². The molecule has 0 saturated heterocycles. The summed E-state index contributed by atoms with van der Waals surface area (Å²) in [5.41, 5.74) is 4.39. The summed E-state index contributed by atoms with van der Waals surface area (Å²) in [5, 5.41) is 0. The summed E-state index contributed by atoms with van der Waals surface area (Å²) in [7, 11) is 0. The summed E-state index contributed by atoms with van der Waals surface area (Å²) in [6.07, 6.45) is 5.26. The van der Waals surface area contributed by atoms with E-state index >= 15 is 0 Å². The highest BCUT2D eigenvalue weighted by atomic mass is 79.9. The average molecular weight is 270 g/mol. The van der Waals surface area contributed by atoms with E-state index < -0.39 is 0 Å². The maximum absolute atomic E-state index is 5.59. The lowest BCUT2D eigenvalue weighted by Gasteiger charge is -2.22. The van der Waals surface area contributed by atoms with Crippen LogP contribution in [0.3, 0.4) is 0 Å². The van der Waals surface area contributed by atoms with Crippen molar-refractivity contribution >= 4 is 15.9 Å². The summed E-state index contributed by atoms with van der Waals surface area (Å²) >= 11 is 3.38. The van der Waals surface area contributed by atoms with Crippen LogP contribution in [0.1, 0.15) is 25.5 Å². The van der Waals surface area contributed by atoms with Crippen LogP contribution in [-0.2, 0) is 6.42 Å². The van der Waals surface area contributed by atoms with Crippen molar-refractivity contribution in [1.82, 2.24) is 10.4 Å². The van der Waals surface area contributed by atoms with Crippen molar-refractivity contribution in [2.45, 2.75) is 32.2 Å². The molecule has 1 unspecified atom stereocenters. The Morgan fingerprint density at radius 3 is 2.80 bits per heavy atom. The van der Waals surface area contributed by atoms with Crippen molar-refractivity contribution in [1.29, 1.82) is 0 Å². The monoisotopic (exact) mass is 269 g/mol. The van der Waals surface area contributed by atoms with E-state index in [0.29, 0.717) is 11.5 Å². The molecule has 4 heteroatoms. The Morgan fingerprint density at radius 2 is 2.33 bits per heavy atom. The minimum atomic E-state index is 0.339. The lowest BCUT2D eigenvalue weighted by molar-refractivity contribution is 0.357. The number of rotatable bonds is 4. The first-order valence-electron chi connectivity index (χ1n) is 5.21. The molecule has 0 spiro atoms. The van der Waals surface area contributed by atoms with Crippen molar-refractivity contribution in [3.05, 3.63) is 28.5 Å². The Bertz CT molecular complexity index is 332. The Morgan fingerprint density at radius 1 is 1.60 bits per heavy atom.